The van der Waals surface area contributed by atoms with Crippen molar-refractivity contribution >= 4 is 45.1 Å². The van der Waals surface area contributed by atoms with Crippen molar-refractivity contribution in [3.63, 3.8) is 0 Å². The molecule has 1 saturated carbocycles. The third kappa shape index (κ3) is 10.6. The van der Waals surface area contributed by atoms with E-state index in [0.29, 0.717) is 19.4 Å². The number of aryl methyl sites for hydroxylation is 1. The van der Waals surface area contributed by atoms with Crippen molar-refractivity contribution in [2.45, 2.75) is 103 Å². The van der Waals surface area contributed by atoms with Gasteiger partial charge >= 0.3 is 0 Å². The predicted molar refractivity (Wildman–Crippen MR) is 208 cm³/mol. The molecule has 3 atom stereocenters. The largest absolute Gasteiger partial charge is 0.345 e. The quantitative estimate of drug-likeness (QED) is 0.0806. The Bertz CT molecular complexity index is 1730. The first-order valence-corrected chi connectivity index (χ1v) is 19.7. The second kappa shape index (κ2) is 19.4. The van der Waals surface area contributed by atoms with Crippen LogP contribution in [0.25, 0.3) is 10.2 Å². The molecule has 3 amide bonds. The summed E-state index contributed by atoms with van der Waals surface area (Å²) in [5.41, 5.74) is 9.79. The summed E-state index contributed by atoms with van der Waals surface area (Å²) < 4.78 is 1.04. The number of carbonyl (C=O) groups excluding carboxylic acids is 4. The van der Waals surface area contributed by atoms with Gasteiger partial charge in [0.25, 0.3) is 0 Å². The first-order chi connectivity index (χ1) is 25.3. The van der Waals surface area contributed by atoms with Crippen LogP contribution in [0.5, 0.6) is 0 Å². The molecule has 0 aliphatic heterocycles. The normalized spacial score (nSPS) is 14.9. The molecule has 5 N–H and O–H groups in total. The standard InChI is InChI=1S/C42H53N5O4S/c1-3-28-22-23-33-36(25-28)52-38(45-33)27-34(44-37(49)4-2)42(51)47-40(31-19-11-12-20-31)35(48)26-32(21-13-14-24-43)41(50)46-39(29-15-7-5-8-16-29)30-17-9-6-10-18-30/h5-10,15-18,22-23,25,31-32,34,39-40H,3-4,11-14,19-21,24,26-27,43H2,1-2H3,(H,44,49)(H,46,50)(H,47,51)/t32-,34+,40+/m1/s1. The van der Waals surface area contributed by atoms with Crippen LogP contribution in [-0.2, 0) is 32.0 Å². The van der Waals surface area contributed by atoms with Crippen LogP contribution in [0.4, 0.5) is 0 Å². The van der Waals surface area contributed by atoms with Crippen LogP contribution < -0.4 is 21.7 Å². The molecule has 1 aliphatic carbocycles. The zero-order valence-corrected chi connectivity index (χ0v) is 31.3. The fraction of sp³-hybridized carbons (Fsp3) is 0.452. The molecule has 9 nitrogen and oxygen atoms in total. The Morgan fingerprint density at radius 2 is 1.52 bits per heavy atom. The van der Waals surface area contributed by atoms with E-state index in [0.717, 1.165) is 64.9 Å². The van der Waals surface area contributed by atoms with E-state index in [9.17, 15) is 19.2 Å². The molecule has 276 valence electrons. The number of aromatic nitrogens is 1. The number of hydrogen-bond donors (Lipinski definition) is 4. The second-order valence-corrected chi connectivity index (χ2v) is 15.0. The number of nitrogens with zero attached hydrogens (tertiary/aromatic N) is 1. The number of thiazole rings is 1. The van der Waals surface area contributed by atoms with Gasteiger partial charge in [-0.3, -0.25) is 19.2 Å². The van der Waals surface area contributed by atoms with Crippen LogP contribution in [0.15, 0.2) is 78.9 Å². The van der Waals surface area contributed by atoms with Crippen molar-refractivity contribution in [3.05, 3.63) is 101 Å². The van der Waals surface area contributed by atoms with E-state index in [1.54, 1.807) is 6.92 Å². The summed E-state index contributed by atoms with van der Waals surface area (Å²) in [6.45, 7) is 4.35. The summed E-state index contributed by atoms with van der Waals surface area (Å²) in [5, 5.41) is 9.98. The Balaban J connectivity index is 1.36. The van der Waals surface area contributed by atoms with Gasteiger partial charge in [0.05, 0.1) is 27.3 Å². The highest BCUT2D eigenvalue weighted by Crippen LogP contribution is 2.31. The van der Waals surface area contributed by atoms with Crippen LogP contribution in [0, 0.1) is 11.8 Å². The van der Waals surface area contributed by atoms with Crippen molar-refractivity contribution in [3.8, 4) is 0 Å². The highest BCUT2D eigenvalue weighted by molar-refractivity contribution is 7.18. The molecule has 3 aromatic carbocycles. The van der Waals surface area contributed by atoms with E-state index in [1.807, 2.05) is 66.7 Å². The summed E-state index contributed by atoms with van der Waals surface area (Å²) in [4.78, 5) is 60.0. The maximum Gasteiger partial charge on any atom is 0.243 e. The number of rotatable bonds is 19. The zero-order chi connectivity index (χ0) is 36.9. The fourth-order valence-corrected chi connectivity index (χ4v) is 8.23. The number of hydrogen-bond acceptors (Lipinski definition) is 7. The highest BCUT2D eigenvalue weighted by atomic mass is 32.1. The number of carbonyl (C=O) groups is 4. The Morgan fingerprint density at radius 1 is 0.846 bits per heavy atom. The molecule has 0 bridgehead atoms. The molecular formula is C42H53N5O4S. The number of amides is 3. The molecule has 10 heteroatoms. The van der Waals surface area contributed by atoms with Gasteiger partial charge in [-0.05, 0) is 73.4 Å². The van der Waals surface area contributed by atoms with Crippen molar-refractivity contribution in [2.75, 3.05) is 6.54 Å². The Morgan fingerprint density at radius 3 is 2.13 bits per heavy atom. The maximum absolute atomic E-state index is 14.4. The number of Topliss-reactive ketones (excluding diaryl/α,β-unsaturated/α-hetero) is 1. The molecule has 4 aromatic rings. The minimum absolute atomic E-state index is 0.00221. The monoisotopic (exact) mass is 723 g/mol. The second-order valence-electron chi connectivity index (χ2n) is 13.9. The maximum atomic E-state index is 14.4. The van der Waals surface area contributed by atoms with Crippen LogP contribution in [0.1, 0.15) is 99.4 Å². The summed E-state index contributed by atoms with van der Waals surface area (Å²) in [6.07, 6.45) is 6.87. The average Bonchev–Trinajstić information content (AvgIpc) is 3.85. The van der Waals surface area contributed by atoms with Gasteiger partial charge in [-0.2, -0.15) is 0 Å². The van der Waals surface area contributed by atoms with E-state index in [-0.39, 0.29) is 48.8 Å². The lowest BCUT2D eigenvalue weighted by molar-refractivity contribution is -0.134. The van der Waals surface area contributed by atoms with Gasteiger partial charge in [-0.25, -0.2) is 4.98 Å². The van der Waals surface area contributed by atoms with Crippen LogP contribution in [-0.4, -0.2) is 47.1 Å². The Labute approximate surface area is 311 Å². The van der Waals surface area contributed by atoms with Gasteiger partial charge in [0.2, 0.25) is 17.7 Å². The Kier molecular flexibility index (Phi) is 14.5. The minimum atomic E-state index is -0.892. The van der Waals surface area contributed by atoms with Crippen molar-refractivity contribution in [2.24, 2.45) is 17.6 Å². The van der Waals surface area contributed by atoms with Gasteiger partial charge in [0.1, 0.15) is 6.04 Å². The lowest BCUT2D eigenvalue weighted by atomic mass is 9.86. The number of fused-ring (bicyclic) bond motifs is 1. The zero-order valence-electron chi connectivity index (χ0n) is 30.4. The fourth-order valence-electron chi connectivity index (χ4n) is 7.15. The van der Waals surface area contributed by atoms with E-state index in [2.05, 4.69) is 35.0 Å². The number of unbranched alkanes of at least 4 members (excludes halogenated alkanes) is 1. The lowest BCUT2D eigenvalue weighted by Crippen LogP contribution is -2.54. The first kappa shape index (κ1) is 38.8. The van der Waals surface area contributed by atoms with Gasteiger partial charge in [0.15, 0.2) is 5.78 Å². The van der Waals surface area contributed by atoms with E-state index < -0.39 is 23.9 Å². The molecule has 1 fully saturated rings. The molecule has 0 spiro atoms. The van der Waals surface area contributed by atoms with Crippen molar-refractivity contribution < 1.29 is 19.2 Å². The molecule has 0 saturated heterocycles. The molecule has 0 unspecified atom stereocenters. The third-order valence-corrected chi connectivity index (χ3v) is 11.2. The van der Waals surface area contributed by atoms with E-state index >= 15 is 0 Å². The molecule has 52 heavy (non-hydrogen) atoms. The summed E-state index contributed by atoms with van der Waals surface area (Å²) >= 11 is 1.52. The number of nitrogens with two attached hydrogens (primary N) is 1. The van der Waals surface area contributed by atoms with Crippen LogP contribution in [0.3, 0.4) is 0 Å². The van der Waals surface area contributed by atoms with Gasteiger partial charge in [-0.1, -0.05) is 99.8 Å². The summed E-state index contributed by atoms with van der Waals surface area (Å²) in [7, 11) is 0. The van der Waals surface area contributed by atoms with Crippen LogP contribution >= 0.6 is 11.3 Å². The molecule has 0 radical (unpaired) electrons. The molecule has 1 aromatic heterocycles. The van der Waals surface area contributed by atoms with E-state index in [1.165, 1.54) is 16.9 Å². The number of nitrogens with one attached hydrogen (secondary N) is 3. The molecular weight excluding hydrogens is 671 g/mol. The van der Waals surface area contributed by atoms with Crippen molar-refractivity contribution in [1.29, 1.82) is 0 Å². The third-order valence-electron chi connectivity index (χ3n) is 10.2. The van der Waals surface area contributed by atoms with Crippen molar-refractivity contribution in [1.82, 2.24) is 20.9 Å². The van der Waals surface area contributed by atoms with E-state index in [4.69, 9.17) is 10.7 Å². The highest BCUT2D eigenvalue weighted by Gasteiger charge is 2.36. The van der Waals surface area contributed by atoms with Crippen LogP contribution in [0.2, 0.25) is 0 Å². The summed E-state index contributed by atoms with van der Waals surface area (Å²) in [5.74, 6) is -1.64. The number of benzene rings is 3. The van der Waals surface area contributed by atoms with Gasteiger partial charge in [-0.15, -0.1) is 11.3 Å². The predicted octanol–water partition coefficient (Wildman–Crippen LogP) is 6.58. The number of ketones is 1. The first-order valence-electron chi connectivity index (χ1n) is 18.9. The molecule has 1 aliphatic rings. The van der Waals surface area contributed by atoms with Gasteiger partial charge < -0.3 is 21.7 Å². The topological polar surface area (TPSA) is 143 Å². The smallest absolute Gasteiger partial charge is 0.243 e. The SMILES string of the molecule is CCC(=O)N[C@@H](Cc1nc2ccc(CC)cc2s1)C(=O)N[C@H](C(=O)C[C@@H](CCCCN)C(=O)NC(c1ccccc1)c1ccccc1)C1CCCC1. The van der Waals surface area contributed by atoms with Gasteiger partial charge in [0, 0.05) is 25.2 Å². The lowest BCUT2D eigenvalue weighted by Gasteiger charge is -2.28. The Hall–Kier alpha value is -4.41. The average molecular weight is 724 g/mol. The summed E-state index contributed by atoms with van der Waals surface area (Å²) in [6, 6.07) is 23.8. The molecule has 5 rings (SSSR count). The minimum Gasteiger partial charge on any atom is -0.345 e. The molecule has 1 heterocycles.